The molecule has 0 bridgehead atoms. The number of aromatic nitrogens is 4. The number of benzene rings is 2. The van der Waals surface area contributed by atoms with Gasteiger partial charge in [-0.1, -0.05) is 12.1 Å². The maximum absolute atomic E-state index is 13.4. The number of piperazine rings is 1. The van der Waals surface area contributed by atoms with Crippen LogP contribution in [0.4, 0.5) is 11.5 Å². The molecule has 2 amide bonds. The van der Waals surface area contributed by atoms with E-state index in [0.29, 0.717) is 51.4 Å². The molecule has 0 atom stereocenters. The smallest absolute Gasteiger partial charge is 0.253 e. The molecule has 0 N–H and O–H groups in total. The molecule has 2 saturated heterocycles. The first-order chi connectivity index (χ1) is 21.5. The fraction of sp³-hybridized carbons (Fsp3) is 0.424. The Morgan fingerprint density at radius 2 is 1.71 bits per heavy atom. The van der Waals surface area contributed by atoms with Crippen LogP contribution in [0.25, 0.3) is 11.0 Å². The number of halogens is 1. The van der Waals surface area contributed by atoms with Gasteiger partial charge in [-0.2, -0.15) is 5.10 Å². The van der Waals surface area contributed by atoms with E-state index in [9.17, 15) is 9.59 Å². The van der Waals surface area contributed by atoms with Crippen molar-refractivity contribution in [3.63, 3.8) is 0 Å². The molecule has 2 aliphatic rings. The number of ether oxygens (including phenoxy) is 1. The largest absolute Gasteiger partial charge is 0.494 e. The third-order valence-electron chi connectivity index (χ3n) is 8.47. The minimum atomic E-state index is -0.00224. The summed E-state index contributed by atoms with van der Waals surface area (Å²) < 4.78 is 7.53. The average Bonchev–Trinajstić information content (AvgIpc) is 3.72. The normalized spacial score (nSPS) is 15.2. The summed E-state index contributed by atoms with van der Waals surface area (Å²) in [6.45, 7) is 11.0. The molecule has 45 heavy (non-hydrogen) atoms. The molecule has 0 spiro atoms. The standard InChI is InChI=1S/C33H40N8O3.ClH/c1-3-44-29-8-6-7-26(21-29)23-41-32-30(22-36-41)31(34-24-35-32)38-16-18-39(19-17-38)33(43)27-9-11-28(12-10-27)40(25(2)42)20-15-37-13-4-5-14-37;/h6-12,21-22,24H,3-5,13-20,23H2,1-2H3;1H. The van der Waals surface area contributed by atoms with Crippen LogP contribution in [0.5, 0.6) is 5.75 Å². The van der Waals surface area contributed by atoms with E-state index in [1.807, 2.05) is 65.2 Å². The zero-order valence-electron chi connectivity index (χ0n) is 26.0. The van der Waals surface area contributed by atoms with E-state index in [2.05, 4.69) is 30.9 Å². The lowest BCUT2D eigenvalue weighted by atomic mass is 10.1. The predicted molar refractivity (Wildman–Crippen MR) is 178 cm³/mol. The number of anilines is 2. The van der Waals surface area contributed by atoms with Crippen LogP contribution < -0.4 is 14.5 Å². The molecule has 0 radical (unpaired) electrons. The zero-order chi connectivity index (χ0) is 30.5. The number of nitrogens with zero attached hydrogens (tertiary/aromatic N) is 8. The Hall–Kier alpha value is -4.22. The van der Waals surface area contributed by atoms with E-state index in [4.69, 9.17) is 4.74 Å². The number of amides is 2. The quantitative estimate of drug-likeness (QED) is 0.258. The van der Waals surface area contributed by atoms with Gasteiger partial charge >= 0.3 is 0 Å². The van der Waals surface area contributed by atoms with Crippen molar-refractivity contribution < 1.29 is 14.3 Å². The third-order valence-corrected chi connectivity index (χ3v) is 8.47. The second kappa shape index (κ2) is 14.7. The molecule has 2 aromatic carbocycles. The summed E-state index contributed by atoms with van der Waals surface area (Å²) >= 11 is 0. The predicted octanol–water partition coefficient (Wildman–Crippen LogP) is 4.11. The van der Waals surface area contributed by atoms with Crippen molar-refractivity contribution in [2.24, 2.45) is 0 Å². The summed E-state index contributed by atoms with van der Waals surface area (Å²) in [5.41, 5.74) is 3.31. The zero-order valence-corrected chi connectivity index (χ0v) is 26.8. The monoisotopic (exact) mass is 632 g/mol. The van der Waals surface area contributed by atoms with Gasteiger partial charge in [-0.3, -0.25) is 9.59 Å². The maximum Gasteiger partial charge on any atom is 0.253 e. The van der Waals surface area contributed by atoms with Crippen LogP contribution in [0, 0.1) is 0 Å². The molecule has 11 nitrogen and oxygen atoms in total. The van der Waals surface area contributed by atoms with Crippen molar-refractivity contribution in [2.75, 3.05) is 68.8 Å². The topological polar surface area (TPSA) is 99.9 Å². The first-order valence-electron chi connectivity index (χ1n) is 15.5. The molecule has 4 aromatic rings. The third kappa shape index (κ3) is 7.37. The van der Waals surface area contributed by atoms with Crippen molar-refractivity contribution in [1.82, 2.24) is 29.5 Å². The molecule has 238 valence electrons. The highest BCUT2D eigenvalue weighted by Gasteiger charge is 2.25. The van der Waals surface area contributed by atoms with Gasteiger partial charge in [0.1, 0.15) is 17.9 Å². The highest BCUT2D eigenvalue weighted by Crippen LogP contribution is 2.25. The number of fused-ring (bicyclic) bond motifs is 1. The number of hydrogen-bond acceptors (Lipinski definition) is 8. The van der Waals surface area contributed by atoms with Crippen LogP contribution in [0.3, 0.4) is 0 Å². The Morgan fingerprint density at radius 3 is 2.42 bits per heavy atom. The number of hydrogen-bond donors (Lipinski definition) is 0. The Balaban J connectivity index is 0.00000400. The molecule has 0 unspecified atom stereocenters. The van der Waals surface area contributed by atoms with Crippen molar-refractivity contribution in [1.29, 1.82) is 0 Å². The molecular weight excluding hydrogens is 592 g/mol. The Kier molecular flexibility index (Phi) is 10.5. The van der Waals surface area contributed by atoms with Crippen molar-refractivity contribution >= 4 is 46.8 Å². The Morgan fingerprint density at radius 1 is 0.956 bits per heavy atom. The first kappa shape index (κ1) is 32.2. The Bertz CT molecular complexity index is 1600. The van der Waals surface area contributed by atoms with Gasteiger partial charge in [-0.15, -0.1) is 12.4 Å². The van der Waals surface area contributed by atoms with Crippen molar-refractivity contribution in [3.05, 3.63) is 72.2 Å². The summed E-state index contributed by atoms with van der Waals surface area (Å²) in [7, 11) is 0. The summed E-state index contributed by atoms with van der Waals surface area (Å²) in [5.74, 6) is 1.68. The van der Waals surface area contributed by atoms with Crippen LogP contribution in [-0.2, 0) is 11.3 Å². The van der Waals surface area contributed by atoms with Crippen molar-refractivity contribution in [3.8, 4) is 5.75 Å². The lowest BCUT2D eigenvalue weighted by Gasteiger charge is -2.35. The van der Waals surface area contributed by atoms with Gasteiger partial charge in [-0.05, 0) is 74.8 Å². The molecule has 12 heteroatoms. The lowest BCUT2D eigenvalue weighted by Crippen LogP contribution is -2.49. The highest BCUT2D eigenvalue weighted by molar-refractivity contribution is 5.96. The van der Waals surface area contributed by atoms with Crippen LogP contribution in [-0.4, -0.2) is 100 Å². The van der Waals surface area contributed by atoms with E-state index >= 15 is 0 Å². The molecule has 2 aromatic heterocycles. The van der Waals surface area contributed by atoms with E-state index in [1.165, 1.54) is 12.8 Å². The molecule has 2 aliphatic heterocycles. The van der Waals surface area contributed by atoms with E-state index < -0.39 is 0 Å². The SMILES string of the molecule is CCOc1cccc(Cn2ncc3c(N4CCN(C(=O)c5ccc(N(CCN6CCCC6)C(C)=O)cc5)CC4)ncnc32)c1.Cl. The summed E-state index contributed by atoms with van der Waals surface area (Å²) in [6, 6.07) is 15.5. The van der Waals surface area contributed by atoms with Crippen LogP contribution in [0.2, 0.25) is 0 Å². The van der Waals surface area contributed by atoms with E-state index in [1.54, 1.807) is 18.2 Å². The summed E-state index contributed by atoms with van der Waals surface area (Å²) in [5, 5.41) is 5.51. The first-order valence-corrected chi connectivity index (χ1v) is 15.5. The van der Waals surface area contributed by atoms with Crippen molar-refractivity contribution in [2.45, 2.75) is 33.2 Å². The number of likely N-dealkylation sites (tertiary alicyclic amines) is 1. The minimum Gasteiger partial charge on any atom is -0.494 e. The molecular formula is C33H41ClN8O3. The molecule has 4 heterocycles. The van der Waals surface area contributed by atoms with Gasteiger partial charge in [0.2, 0.25) is 5.91 Å². The second-order valence-electron chi connectivity index (χ2n) is 11.4. The Labute approximate surface area is 270 Å². The van der Waals surface area contributed by atoms with Crippen LogP contribution >= 0.6 is 12.4 Å². The summed E-state index contributed by atoms with van der Waals surface area (Å²) in [4.78, 5) is 43.2. The number of carbonyl (C=O) groups is 2. The molecule has 6 rings (SSSR count). The van der Waals surface area contributed by atoms with Crippen LogP contribution in [0.15, 0.2) is 61.1 Å². The fourth-order valence-electron chi connectivity index (χ4n) is 6.13. The van der Waals surface area contributed by atoms with Gasteiger partial charge in [0.25, 0.3) is 5.91 Å². The van der Waals surface area contributed by atoms with Gasteiger partial charge in [-0.25, -0.2) is 14.6 Å². The van der Waals surface area contributed by atoms with E-state index in [-0.39, 0.29) is 24.2 Å². The number of carbonyl (C=O) groups excluding carboxylic acids is 2. The van der Waals surface area contributed by atoms with Gasteiger partial charge in [0.05, 0.1) is 24.7 Å². The lowest BCUT2D eigenvalue weighted by molar-refractivity contribution is -0.116. The van der Waals surface area contributed by atoms with Gasteiger partial charge in [0.15, 0.2) is 5.65 Å². The maximum atomic E-state index is 13.4. The molecule has 0 saturated carbocycles. The number of rotatable bonds is 10. The van der Waals surface area contributed by atoms with Gasteiger partial charge in [0, 0.05) is 57.4 Å². The minimum absolute atomic E-state index is 0. The summed E-state index contributed by atoms with van der Waals surface area (Å²) in [6.07, 6.45) is 5.86. The molecule has 0 aliphatic carbocycles. The fourth-order valence-corrected chi connectivity index (χ4v) is 6.13. The average molecular weight is 633 g/mol. The van der Waals surface area contributed by atoms with Gasteiger partial charge < -0.3 is 24.3 Å². The van der Waals surface area contributed by atoms with E-state index in [0.717, 1.165) is 53.5 Å². The van der Waals surface area contributed by atoms with Crippen LogP contribution in [0.1, 0.15) is 42.6 Å². The molecule has 2 fully saturated rings. The second-order valence-corrected chi connectivity index (χ2v) is 11.4. The highest BCUT2D eigenvalue weighted by atomic mass is 35.5.